The number of carboxylic acids is 1. The Hall–Kier alpha value is -2.39. The van der Waals surface area contributed by atoms with E-state index in [0.717, 1.165) is 4.47 Å². The van der Waals surface area contributed by atoms with E-state index < -0.39 is 5.97 Å². The summed E-state index contributed by atoms with van der Waals surface area (Å²) in [6.45, 7) is 0. The zero-order valence-electron chi connectivity index (χ0n) is 9.59. The van der Waals surface area contributed by atoms with Crippen LogP contribution in [0.15, 0.2) is 41.1 Å². The van der Waals surface area contributed by atoms with Gasteiger partial charge in [-0.2, -0.15) is 5.26 Å². The normalized spacial score (nSPS) is 9.68. The van der Waals surface area contributed by atoms with Crippen molar-refractivity contribution >= 4 is 33.3 Å². The Labute approximate surface area is 117 Å². The van der Waals surface area contributed by atoms with Crippen LogP contribution in [-0.4, -0.2) is 16.1 Å². The van der Waals surface area contributed by atoms with E-state index in [1.165, 1.54) is 18.5 Å². The van der Waals surface area contributed by atoms with Gasteiger partial charge in [-0.25, -0.2) is 4.79 Å². The van der Waals surface area contributed by atoms with Crippen LogP contribution in [-0.2, 0) is 0 Å². The topological polar surface area (TPSA) is 86.0 Å². The van der Waals surface area contributed by atoms with Crippen LogP contribution >= 0.6 is 15.9 Å². The second-order valence-corrected chi connectivity index (χ2v) is 4.57. The smallest absolute Gasteiger partial charge is 0.337 e. The summed E-state index contributed by atoms with van der Waals surface area (Å²) in [5, 5.41) is 21.0. The van der Waals surface area contributed by atoms with Crippen molar-refractivity contribution in [1.29, 1.82) is 5.26 Å². The van der Waals surface area contributed by atoms with Crippen molar-refractivity contribution in [1.82, 2.24) is 4.98 Å². The lowest BCUT2D eigenvalue weighted by Crippen LogP contribution is -2.04. The van der Waals surface area contributed by atoms with Gasteiger partial charge in [0.2, 0.25) is 0 Å². The number of hydrogen-bond donors (Lipinski definition) is 2. The maximum absolute atomic E-state index is 11.1. The Kier molecular flexibility index (Phi) is 3.78. The van der Waals surface area contributed by atoms with E-state index in [2.05, 4.69) is 26.2 Å². The molecule has 0 spiro atoms. The Morgan fingerprint density at radius 3 is 2.84 bits per heavy atom. The lowest BCUT2D eigenvalue weighted by atomic mass is 10.1. The van der Waals surface area contributed by atoms with E-state index in [1.807, 2.05) is 6.07 Å². The first kappa shape index (κ1) is 13.1. The van der Waals surface area contributed by atoms with Crippen LogP contribution in [0.2, 0.25) is 0 Å². The lowest BCUT2D eigenvalue weighted by molar-refractivity contribution is 0.0698. The average Bonchev–Trinajstić information content (AvgIpc) is 2.39. The lowest BCUT2D eigenvalue weighted by Gasteiger charge is -2.10. The first-order chi connectivity index (χ1) is 9.11. The summed E-state index contributed by atoms with van der Waals surface area (Å²) in [7, 11) is 0. The molecule has 0 aliphatic heterocycles. The van der Waals surface area contributed by atoms with Crippen molar-refractivity contribution in [2.24, 2.45) is 0 Å². The number of carboxylic acid groups (broad SMARTS) is 1. The average molecular weight is 318 g/mol. The van der Waals surface area contributed by atoms with Crippen LogP contribution in [0.1, 0.15) is 15.9 Å². The van der Waals surface area contributed by atoms with Crippen molar-refractivity contribution in [3.63, 3.8) is 0 Å². The molecule has 94 valence electrons. The molecule has 0 saturated heterocycles. The van der Waals surface area contributed by atoms with E-state index in [-0.39, 0.29) is 5.56 Å². The van der Waals surface area contributed by atoms with Gasteiger partial charge in [0.05, 0.1) is 28.7 Å². The van der Waals surface area contributed by atoms with E-state index in [4.69, 9.17) is 10.4 Å². The van der Waals surface area contributed by atoms with Crippen LogP contribution in [0.3, 0.4) is 0 Å². The number of benzene rings is 1. The van der Waals surface area contributed by atoms with Crippen LogP contribution in [0, 0.1) is 11.3 Å². The molecule has 1 aromatic carbocycles. The molecule has 0 amide bonds. The number of halogens is 1. The highest BCUT2D eigenvalue weighted by Gasteiger charge is 2.11. The summed E-state index contributed by atoms with van der Waals surface area (Å²) in [5.41, 5.74) is 1.37. The minimum Gasteiger partial charge on any atom is -0.478 e. The summed E-state index contributed by atoms with van der Waals surface area (Å²) < 4.78 is 0.787. The van der Waals surface area contributed by atoms with Gasteiger partial charge >= 0.3 is 5.97 Å². The standard InChI is InChI=1S/C13H8BrN3O2/c14-9-2-1-8(6-15)11(5-9)17-12-7-16-4-3-10(12)13(18)19/h1-5,7,17H,(H,18,19). The SMILES string of the molecule is N#Cc1ccc(Br)cc1Nc1cnccc1C(=O)O. The van der Waals surface area contributed by atoms with Gasteiger partial charge in [0.25, 0.3) is 0 Å². The molecule has 0 unspecified atom stereocenters. The fourth-order valence-electron chi connectivity index (χ4n) is 1.54. The van der Waals surface area contributed by atoms with Gasteiger partial charge in [-0.15, -0.1) is 0 Å². The van der Waals surface area contributed by atoms with E-state index in [1.54, 1.807) is 18.2 Å². The van der Waals surface area contributed by atoms with Crippen molar-refractivity contribution in [3.05, 3.63) is 52.3 Å². The van der Waals surface area contributed by atoms with Gasteiger partial charge in [-0.3, -0.25) is 4.98 Å². The Morgan fingerprint density at radius 2 is 2.16 bits per heavy atom. The van der Waals surface area contributed by atoms with Crippen LogP contribution < -0.4 is 5.32 Å². The molecular formula is C13H8BrN3O2. The second-order valence-electron chi connectivity index (χ2n) is 3.65. The van der Waals surface area contributed by atoms with Gasteiger partial charge in [0.1, 0.15) is 6.07 Å². The van der Waals surface area contributed by atoms with Crippen molar-refractivity contribution in [3.8, 4) is 6.07 Å². The number of hydrogen-bond acceptors (Lipinski definition) is 4. The van der Waals surface area contributed by atoms with E-state index in [0.29, 0.717) is 16.9 Å². The monoisotopic (exact) mass is 317 g/mol. The Balaban J connectivity index is 2.45. The number of aromatic carboxylic acids is 1. The van der Waals surface area contributed by atoms with Crippen LogP contribution in [0.5, 0.6) is 0 Å². The first-order valence-corrected chi connectivity index (χ1v) is 6.05. The number of anilines is 2. The molecule has 0 bridgehead atoms. The number of nitriles is 1. The third-order valence-electron chi connectivity index (χ3n) is 2.42. The molecular weight excluding hydrogens is 310 g/mol. The second kappa shape index (κ2) is 5.50. The summed E-state index contributed by atoms with van der Waals surface area (Å²) in [4.78, 5) is 15.0. The minimum absolute atomic E-state index is 0.0962. The first-order valence-electron chi connectivity index (χ1n) is 5.26. The molecule has 0 atom stereocenters. The van der Waals surface area contributed by atoms with Gasteiger partial charge in [0.15, 0.2) is 0 Å². The molecule has 0 fully saturated rings. The van der Waals surface area contributed by atoms with E-state index in [9.17, 15) is 4.79 Å². The maximum atomic E-state index is 11.1. The number of nitrogens with one attached hydrogen (secondary N) is 1. The Bertz CT molecular complexity index is 680. The third kappa shape index (κ3) is 2.89. The Morgan fingerprint density at radius 1 is 1.37 bits per heavy atom. The van der Waals surface area contributed by atoms with Crippen molar-refractivity contribution in [2.45, 2.75) is 0 Å². The minimum atomic E-state index is -1.06. The molecule has 0 radical (unpaired) electrons. The zero-order valence-corrected chi connectivity index (χ0v) is 11.2. The predicted molar refractivity (Wildman–Crippen MR) is 73.3 cm³/mol. The fourth-order valence-corrected chi connectivity index (χ4v) is 1.90. The fraction of sp³-hybridized carbons (Fsp3) is 0. The van der Waals surface area contributed by atoms with E-state index >= 15 is 0 Å². The quantitative estimate of drug-likeness (QED) is 0.908. The summed E-state index contributed by atoms with van der Waals surface area (Å²) in [6.07, 6.45) is 2.81. The number of rotatable bonds is 3. The van der Waals surface area contributed by atoms with Crippen molar-refractivity contribution < 1.29 is 9.90 Å². The van der Waals surface area contributed by atoms with Crippen molar-refractivity contribution in [2.75, 3.05) is 5.32 Å². The van der Waals surface area contributed by atoms with Gasteiger partial charge < -0.3 is 10.4 Å². The molecule has 0 aliphatic rings. The van der Waals surface area contributed by atoms with Gasteiger partial charge in [0, 0.05) is 10.7 Å². The summed E-state index contributed by atoms with van der Waals surface area (Å²) >= 11 is 3.30. The molecule has 2 aromatic rings. The van der Waals surface area contributed by atoms with Crippen LogP contribution in [0.4, 0.5) is 11.4 Å². The molecule has 2 N–H and O–H groups in total. The molecule has 2 rings (SSSR count). The summed E-state index contributed by atoms with van der Waals surface area (Å²) in [6, 6.07) is 8.53. The molecule has 0 aliphatic carbocycles. The molecule has 6 heteroatoms. The number of nitrogens with zero attached hydrogens (tertiary/aromatic N) is 2. The van der Waals surface area contributed by atoms with Gasteiger partial charge in [-0.1, -0.05) is 15.9 Å². The third-order valence-corrected chi connectivity index (χ3v) is 2.92. The molecule has 19 heavy (non-hydrogen) atoms. The molecule has 5 nitrogen and oxygen atoms in total. The highest BCUT2D eigenvalue weighted by molar-refractivity contribution is 9.10. The largest absolute Gasteiger partial charge is 0.478 e. The molecule has 1 aromatic heterocycles. The van der Waals surface area contributed by atoms with Crippen LogP contribution in [0.25, 0.3) is 0 Å². The number of pyridine rings is 1. The predicted octanol–water partition coefficient (Wildman–Crippen LogP) is 3.16. The number of aromatic nitrogens is 1. The highest BCUT2D eigenvalue weighted by Crippen LogP contribution is 2.26. The molecule has 1 heterocycles. The highest BCUT2D eigenvalue weighted by atomic mass is 79.9. The number of carbonyl (C=O) groups is 1. The maximum Gasteiger partial charge on any atom is 0.337 e. The van der Waals surface area contributed by atoms with Gasteiger partial charge in [-0.05, 0) is 24.3 Å². The zero-order chi connectivity index (χ0) is 13.8. The molecule has 0 saturated carbocycles. The summed E-state index contributed by atoms with van der Waals surface area (Å²) in [5.74, 6) is -1.06.